The lowest BCUT2D eigenvalue weighted by molar-refractivity contribution is -0.0358. The van der Waals surface area contributed by atoms with Gasteiger partial charge in [-0.2, -0.15) is 0 Å². The Labute approximate surface area is 215 Å². The summed E-state index contributed by atoms with van der Waals surface area (Å²) in [7, 11) is 0. The molecule has 190 valence electrons. The number of aromatic amines is 1. The van der Waals surface area contributed by atoms with Crippen LogP contribution in [-0.2, 0) is 22.4 Å². The molecule has 1 aromatic carbocycles. The maximum atomic E-state index is 13.6. The fraction of sp³-hybridized carbons (Fsp3) is 0.481. The molecule has 6 rings (SSSR count). The third kappa shape index (κ3) is 4.26. The molecule has 2 aromatic heterocycles. The number of rotatable bonds is 2. The maximum absolute atomic E-state index is 13.6. The van der Waals surface area contributed by atoms with Crippen molar-refractivity contribution in [3.8, 4) is 11.1 Å². The van der Waals surface area contributed by atoms with E-state index in [-0.39, 0.29) is 17.6 Å². The number of nitrogens with zero attached hydrogens (tertiary/aromatic N) is 3. The second-order valence-corrected chi connectivity index (χ2v) is 10.9. The molecule has 1 atom stereocenters. The average Bonchev–Trinajstić information content (AvgIpc) is 3.27. The van der Waals surface area contributed by atoms with E-state index in [4.69, 9.17) is 21.1 Å². The lowest BCUT2D eigenvalue weighted by Crippen LogP contribution is -2.59. The molecule has 2 fully saturated rings. The van der Waals surface area contributed by atoms with Crippen LogP contribution in [0, 0.1) is 0 Å². The van der Waals surface area contributed by atoms with E-state index >= 15 is 0 Å². The number of aromatic nitrogens is 2. The van der Waals surface area contributed by atoms with Gasteiger partial charge in [0.1, 0.15) is 5.65 Å². The molecule has 0 aliphatic carbocycles. The fourth-order valence-electron chi connectivity index (χ4n) is 5.62. The number of carbonyl (C=O) groups is 1. The van der Waals surface area contributed by atoms with Gasteiger partial charge in [0, 0.05) is 49.5 Å². The average molecular weight is 510 g/mol. The van der Waals surface area contributed by atoms with E-state index in [1.807, 2.05) is 16.0 Å². The Morgan fingerprint density at radius 1 is 1.17 bits per heavy atom. The normalized spacial score (nSPS) is 22.0. The first kappa shape index (κ1) is 23.7. The number of carbonyl (C=O) groups excluding carboxylic acids is 1. The van der Waals surface area contributed by atoms with Crippen molar-refractivity contribution in [2.75, 3.05) is 46.1 Å². The van der Waals surface area contributed by atoms with Gasteiger partial charge in [0.25, 0.3) is 0 Å². The monoisotopic (exact) mass is 509 g/mol. The number of urea groups is 1. The molecule has 0 unspecified atom stereocenters. The van der Waals surface area contributed by atoms with Crippen molar-refractivity contribution in [1.29, 1.82) is 0 Å². The van der Waals surface area contributed by atoms with Crippen LogP contribution in [0.2, 0.25) is 5.02 Å². The quantitative estimate of drug-likeness (QED) is 0.542. The lowest BCUT2D eigenvalue weighted by atomic mass is 9.87. The Balaban J connectivity index is 1.37. The first-order chi connectivity index (χ1) is 17.4. The van der Waals surface area contributed by atoms with Crippen LogP contribution in [0.5, 0.6) is 0 Å². The zero-order valence-electron chi connectivity index (χ0n) is 20.8. The molecule has 0 bridgehead atoms. The van der Waals surface area contributed by atoms with Gasteiger partial charge < -0.3 is 29.6 Å². The van der Waals surface area contributed by atoms with E-state index in [2.05, 4.69) is 47.3 Å². The van der Waals surface area contributed by atoms with E-state index in [1.165, 1.54) is 16.7 Å². The number of pyridine rings is 1. The van der Waals surface area contributed by atoms with E-state index in [0.717, 1.165) is 35.1 Å². The van der Waals surface area contributed by atoms with Crippen molar-refractivity contribution < 1.29 is 14.3 Å². The number of amides is 2. The maximum Gasteiger partial charge on any atom is 0.320 e. The topological polar surface area (TPSA) is 82.7 Å². The minimum Gasteiger partial charge on any atom is -0.378 e. The van der Waals surface area contributed by atoms with Gasteiger partial charge in [0.05, 0.1) is 43.0 Å². The summed E-state index contributed by atoms with van der Waals surface area (Å²) in [6.45, 7) is 9.33. The van der Waals surface area contributed by atoms with Gasteiger partial charge in [-0.25, -0.2) is 9.78 Å². The molecule has 3 aliphatic rings. The Morgan fingerprint density at radius 2 is 2.06 bits per heavy atom. The molecule has 2 N–H and O–H groups in total. The largest absolute Gasteiger partial charge is 0.378 e. The van der Waals surface area contributed by atoms with E-state index in [0.29, 0.717) is 51.1 Å². The number of benzene rings is 1. The van der Waals surface area contributed by atoms with Crippen LogP contribution < -0.4 is 5.32 Å². The predicted molar refractivity (Wildman–Crippen MR) is 139 cm³/mol. The summed E-state index contributed by atoms with van der Waals surface area (Å²) in [5.74, 6) is 0. The van der Waals surface area contributed by atoms with Gasteiger partial charge in [-0.3, -0.25) is 0 Å². The molecule has 9 heteroatoms. The molecular formula is C27H32ClN5O3. The van der Waals surface area contributed by atoms with Gasteiger partial charge in [-0.05, 0) is 54.7 Å². The van der Waals surface area contributed by atoms with Crippen LogP contribution in [0.4, 0.5) is 4.79 Å². The Kier molecular flexibility index (Phi) is 6.16. The van der Waals surface area contributed by atoms with Gasteiger partial charge >= 0.3 is 6.03 Å². The van der Waals surface area contributed by atoms with Crippen LogP contribution in [0.15, 0.2) is 30.6 Å². The molecule has 0 radical (unpaired) electrons. The highest BCUT2D eigenvalue weighted by atomic mass is 35.5. The second-order valence-electron chi connectivity index (χ2n) is 10.5. The minimum absolute atomic E-state index is 0.0786. The number of hydrogen-bond donors (Lipinski definition) is 2. The molecular weight excluding hydrogens is 478 g/mol. The van der Waals surface area contributed by atoms with Crippen molar-refractivity contribution in [1.82, 2.24) is 25.1 Å². The third-order valence-corrected chi connectivity index (χ3v) is 7.95. The van der Waals surface area contributed by atoms with E-state index in [9.17, 15) is 4.79 Å². The molecule has 3 aliphatic heterocycles. The molecule has 2 amide bonds. The first-order valence-corrected chi connectivity index (χ1v) is 13.0. The SMILES string of the molecule is CC1(C)COCCN1C(=O)N1CCc2cc(-c3cnc4[nH]cc(Cl)c4c3)cc([C@@H]3COCCN3)c2C1. The summed E-state index contributed by atoms with van der Waals surface area (Å²) in [5.41, 5.74) is 6.30. The molecule has 5 heterocycles. The zero-order valence-corrected chi connectivity index (χ0v) is 21.5. The van der Waals surface area contributed by atoms with Crippen molar-refractivity contribution >= 4 is 28.7 Å². The number of fused-ring (bicyclic) bond motifs is 2. The number of H-pyrrole nitrogens is 1. The Bertz CT molecular complexity index is 1300. The number of hydrogen-bond acceptors (Lipinski definition) is 5. The van der Waals surface area contributed by atoms with Gasteiger partial charge in [-0.1, -0.05) is 17.7 Å². The van der Waals surface area contributed by atoms with Crippen molar-refractivity contribution in [3.63, 3.8) is 0 Å². The number of ether oxygens (including phenoxy) is 2. The first-order valence-electron chi connectivity index (χ1n) is 12.6. The summed E-state index contributed by atoms with van der Waals surface area (Å²) in [6, 6.07) is 6.76. The second kappa shape index (κ2) is 9.34. The van der Waals surface area contributed by atoms with Crippen molar-refractivity contribution in [2.45, 2.75) is 38.4 Å². The standard InChI is InChI=1S/C27H32ClN5O3/c1-27(2)16-36-8-6-33(27)26(34)32-5-3-17-9-18(19-11-21-23(28)13-31-25(21)30-12-19)10-20(22(17)14-32)24-15-35-7-4-29-24/h9-13,24,29H,3-8,14-16H2,1-2H3,(H,30,31)/t24-/m0/s1. The fourth-order valence-corrected chi connectivity index (χ4v) is 5.82. The van der Waals surface area contributed by atoms with Crippen LogP contribution in [0.1, 0.15) is 36.6 Å². The minimum atomic E-state index is -0.313. The number of morpholine rings is 2. The predicted octanol–water partition coefficient (Wildman–Crippen LogP) is 4.13. The molecule has 8 nitrogen and oxygen atoms in total. The van der Waals surface area contributed by atoms with Crippen LogP contribution >= 0.6 is 11.6 Å². The molecule has 36 heavy (non-hydrogen) atoms. The zero-order chi connectivity index (χ0) is 24.9. The summed E-state index contributed by atoms with van der Waals surface area (Å²) in [6.07, 6.45) is 4.47. The van der Waals surface area contributed by atoms with Gasteiger partial charge in [-0.15, -0.1) is 0 Å². The highest BCUT2D eigenvalue weighted by molar-refractivity contribution is 6.35. The highest BCUT2D eigenvalue weighted by Crippen LogP contribution is 2.35. The summed E-state index contributed by atoms with van der Waals surface area (Å²) in [5, 5.41) is 5.20. The smallest absolute Gasteiger partial charge is 0.320 e. The number of halogens is 1. The summed E-state index contributed by atoms with van der Waals surface area (Å²) < 4.78 is 11.5. The van der Waals surface area contributed by atoms with Crippen molar-refractivity contribution in [2.24, 2.45) is 0 Å². The van der Waals surface area contributed by atoms with E-state index < -0.39 is 0 Å². The van der Waals surface area contributed by atoms with Gasteiger partial charge in [0.15, 0.2) is 0 Å². The lowest BCUT2D eigenvalue weighted by Gasteiger charge is -2.45. The summed E-state index contributed by atoms with van der Waals surface area (Å²) in [4.78, 5) is 25.3. The molecule has 2 saturated heterocycles. The molecule has 0 spiro atoms. The highest BCUT2D eigenvalue weighted by Gasteiger charge is 2.38. The summed E-state index contributed by atoms with van der Waals surface area (Å²) >= 11 is 6.38. The number of nitrogens with one attached hydrogen (secondary N) is 2. The van der Waals surface area contributed by atoms with Crippen LogP contribution in [-0.4, -0.2) is 77.4 Å². The Hall–Kier alpha value is -2.65. The van der Waals surface area contributed by atoms with Gasteiger partial charge in [0.2, 0.25) is 0 Å². The van der Waals surface area contributed by atoms with Crippen molar-refractivity contribution in [3.05, 3.63) is 52.3 Å². The third-order valence-electron chi connectivity index (χ3n) is 7.63. The molecule has 0 saturated carbocycles. The van der Waals surface area contributed by atoms with Crippen LogP contribution in [0.3, 0.4) is 0 Å². The molecule has 3 aromatic rings. The van der Waals surface area contributed by atoms with E-state index in [1.54, 1.807) is 6.20 Å². The Morgan fingerprint density at radius 3 is 2.86 bits per heavy atom. The van der Waals surface area contributed by atoms with Crippen LogP contribution in [0.25, 0.3) is 22.2 Å².